The van der Waals surface area contributed by atoms with E-state index >= 15 is 0 Å². The van der Waals surface area contributed by atoms with Crippen LogP contribution in [0.4, 0.5) is 5.69 Å². The van der Waals surface area contributed by atoms with Gasteiger partial charge in [-0.2, -0.15) is 0 Å². The molecule has 0 spiro atoms. The fraction of sp³-hybridized carbons (Fsp3) is 0.0769. The van der Waals surface area contributed by atoms with Crippen LogP contribution in [0.3, 0.4) is 0 Å². The highest BCUT2D eigenvalue weighted by molar-refractivity contribution is 7.92. The number of sulfonamides is 1. The summed E-state index contributed by atoms with van der Waals surface area (Å²) in [5.74, 6) is 0. The maximum Gasteiger partial charge on any atom is 0.263 e. The summed E-state index contributed by atoms with van der Waals surface area (Å²) >= 11 is 0. The number of rotatable bonds is 3. The summed E-state index contributed by atoms with van der Waals surface area (Å²) in [4.78, 5) is 0.158. The van der Waals surface area contributed by atoms with Crippen molar-refractivity contribution in [1.82, 2.24) is 14.6 Å². The Morgan fingerprint density at radius 2 is 1.85 bits per heavy atom. The third kappa shape index (κ3) is 2.35. The van der Waals surface area contributed by atoms with Crippen LogP contribution in [0.5, 0.6) is 0 Å². The van der Waals surface area contributed by atoms with Crippen LogP contribution in [0.25, 0.3) is 5.65 Å². The standard InChI is InChI=1S/C13H12N4O2S/c1-10-2-4-11(5-3-10)16-20(18,19)12-6-7-13-15-14-9-17(13)8-12/h2-9,16H,1H3. The Morgan fingerprint density at radius 1 is 1.10 bits per heavy atom. The lowest BCUT2D eigenvalue weighted by atomic mass is 10.2. The van der Waals surface area contributed by atoms with Gasteiger partial charge in [-0.1, -0.05) is 17.7 Å². The van der Waals surface area contributed by atoms with E-state index in [1.807, 2.05) is 19.1 Å². The number of aromatic nitrogens is 3. The van der Waals surface area contributed by atoms with Crippen LogP contribution in [-0.4, -0.2) is 23.0 Å². The number of pyridine rings is 1. The van der Waals surface area contributed by atoms with E-state index in [1.165, 1.54) is 18.6 Å². The molecule has 0 fully saturated rings. The second-order valence-corrected chi connectivity index (χ2v) is 6.12. The number of hydrogen-bond donors (Lipinski definition) is 1. The van der Waals surface area contributed by atoms with E-state index in [4.69, 9.17) is 0 Å². The Bertz CT molecular complexity index is 853. The summed E-state index contributed by atoms with van der Waals surface area (Å²) in [7, 11) is -3.62. The van der Waals surface area contributed by atoms with Gasteiger partial charge in [0.15, 0.2) is 5.65 Å². The van der Waals surface area contributed by atoms with Gasteiger partial charge >= 0.3 is 0 Å². The second kappa shape index (κ2) is 4.61. The molecule has 0 saturated carbocycles. The van der Waals surface area contributed by atoms with E-state index in [0.717, 1.165) is 5.56 Å². The van der Waals surface area contributed by atoms with Crippen molar-refractivity contribution in [2.75, 3.05) is 4.72 Å². The lowest BCUT2D eigenvalue weighted by molar-refractivity contribution is 0.600. The molecule has 1 N–H and O–H groups in total. The summed E-state index contributed by atoms with van der Waals surface area (Å²) < 4.78 is 28.7. The Hall–Kier alpha value is -2.41. The zero-order valence-corrected chi connectivity index (χ0v) is 11.5. The van der Waals surface area contributed by atoms with Gasteiger partial charge < -0.3 is 0 Å². The van der Waals surface area contributed by atoms with Gasteiger partial charge in [0.1, 0.15) is 11.2 Å². The molecule has 102 valence electrons. The molecule has 0 saturated heterocycles. The normalized spacial score (nSPS) is 11.7. The van der Waals surface area contributed by atoms with E-state index in [1.54, 1.807) is 22.6 Å². The fourth-order valence-corrected chi connectivity index (χ4v) is 2.87. The Balaban J connectivity index is 1.96. The van der Waals surface area contributed by atoms with E-state index in [9.17, 15) is 8.42 Å². The third-order valence-corrected chi connectivity index (χ3v) is 4.24. The first-order valence-electron chi connectivity index (χ1n) is 5.93. The summed E-state index contributed by atoms with van der Waals surface area (Å²) in [5.41, 5.74) is 2.19. The first-order chi connectivity index (χ1) is 9.54. The average Bonchev–Trinajstić information content (AvgIpc) is 2.88. The van der Waals surface area contributed by atoms with Gasteiger partial charge in [0.25, 0.3) is 10.0 Å². The van der Waals surface area contributed by atoms with Crippen molar-refractivity contribution in [3.05, 3.63) is 54.5 Å². The van der Waals surface area contributed by atoms with E-state index in [2.05, 4.69) is 14.9 Å². The van der Waals surface area contributed by atoms with Crippen LogP contribution in [0.1, 0.15) is 5.56 Å². The summed E-state index contributed by atoms with van der Waals surface area (Å²) in [6.45, 7) is 1.94. The van der Waals surface area contributed by atoms with Gasteiger partial charge in [0, 0.05) is 11.9 Å². The molecule has 3 rings (SSSR count). The Morgan fingerprint density at radius 3 is 2.60 bits per heavy atom. The van der Waals surface area contributed by atoms with Gasteiger partial charge in [-0.3, -0.25) is 9.12 Å². The zero-order valence-electron chi connectivity index (χ0n) is 10.7. The Labute approximate surface area is 116 Å². The molecule has 0 bridgehead atoms. The molecule has 0 radical (unpaired) electrons. The van der Waals surface area contributed by atoms with Crippen molar-refractivity contribution in [2.45, 2.75) is 11.8 Å². The van der Waals surface area contributed by atoms with E-state index in [0.29, 0.717) is 11.3 Å². The minimum Gasteiger partial charge on any atom is -0.288 e. The predicted octanol–water partition coefficient (Wildman–Crippen LogP) is 1.84. The highest BCUT2D eigenvalue weighted by Gasteiger charge is 2.15. The van der Waals surface area contributed by atoms with Crippen molar-refractivity contribution in [1.29, 1.82) is 0 Å². The molecule has 0 aliphatic rings. The number of hydrogen-bond acceptors (Lipinski definition) is 4. The predicted molar refractivity (Wildman–Crippen MR) is 75.0 cm³/mol. The molecule has 6 nitrogen and oxygen atoms in total. The summed E-state index contributed by atoms with van der Waals surface area (Å²) in [6.07, 6.45) is 2.94. The maximum absolute atomic E-state index is 12.3. The molecule has 0 atom stereocenters. The zero-order chi connectivity index (χ0) is 14.2. The highest BCUT2D eigenvalue weighted by atomic mass is 32.2. The molecule has 20 heavy (non-hydrogen) atoms. The smallest absolute Gasteiger partial charge is 0.263 e. The lowest BCUT2D eigenvalue weighted by Gasteiger charge is -2.08. The van der Waals surface area contributed by atoms with Crippen molar-refractivity contribution >= 4 is 21.4 Å². The van der Waals surface area contributed by atoms with E-state index in [-0.39, 0.29) is 4.90 Å². The number of nitrogens with zero attached hydrogens (tertiary/aromatic N) is 3. The highest BCUT2D eigenvalue weighted by Crippen LogP contribution is 2.16. The van der Waals surface area contributed by atoms with Gasteiger partial charge in [-0.05, 0) is 31.2 Å². The molecule has 0 amide bonds. The monoisotopic (exact) mass is 288 g/mol. The molecule has 0 aliphatic carbocycles. The fourth-order valence-electron chi connectivity index (χ4n) is 1.80. The molecule has 0 aliphatic heterocycles. The van der Waals surface area contributed by atoms with Gasteiger partial charge in [0.05, 0.1) is 0 Å². The molecule has 2 aromatic heterocycles. The van der Waals surface area contributed by atoms with Gasteiger partial charge in [-0.25, -0.2) is 8.42 Å². The third-order valence-electron chi connectivity index (χ3n) is 2.88. The van der Waals surface area contributed by atoms with E-state index < -0.39 is 10.0 Å². The molecule has 7 heteroatoms. The first-order valence-corrected chi connectivity index (χ1v) is 7.42. The van der Waals surface area contributed by atoms with Gasteiger partial charge in [0.2, 0.25) is 0 Å². The molecular formula is C13H12N4O2S. The number of nitrogens with one attached hydrogen (secondary N) is 1. The maximum atomic E-state index is 12.3. The van der Waals surface area contributed by atoms with Crippen molar-refractivity contribution in [3.63, 3.8) is 0 Å². The van der Waals surface area contributed by atoms with Gasteiger partial charge in [-0.15, -0.1) is 10.2 Å². The van der Waals surface area contributed by atoms with Crippen molar-refractivity contribution in [2.24, 2.45) is 0 Å². The minimum absolute atomic E-state index is 0.158. The molecular weight excluding hydrogens is 276 g/mol. The van der Waals surface area contributed by atoms with Crippen molar-refractivity contribution in [3.8, 4) is 0 Å². The van der Waals surface area contributed by atoms with Crippen molar-refractivity contribution < 1.29 is 8.42 Å². The Kier molecular flexibility index (Phi) is 2.90. The minimum atomic E-state index is -3.62. The molecule has 2 heterocycles. The van der Waals surface area contributed by atoms with Crippen LogP contribution in [0.2, 0.25) is 0 Å². The molecule has 0 unspecified atom stereocenters. The largest absolute Gasteiger partial charge is 0.288 e. The quantitative estimate of drug-likeness (QED) is 0.798. The first kappa shape index (κ1) is 12.6. The second-order valence-electron chi connectivity index (χ2n) is 4.43. The van der Waals surface area contributed by atoms with Crippen LogP contribution in [0.15, 0.2) is 53.8 Å². The summed E-state index contributed by atoms with van der Waals surface area (Å²) in [6, 6.07) is 10.3. The summed E-state index contributed by atoms with van der Waals surface area (Å²) in [5, 5.41) is 7.55. The molecule has 1 aromatic carbocycles. The number of benzene rings is 1. The lowest BCUT2D eigenvalue weighted by Crippen LogP contribution is -2.13. The number of aryl methyl sites for hydroxylation is 1. The van der Waals surface area contributed by atoms with Crippen LogP contribution in [-0.2, 0) is 10.0 Å². The number of anilines is 1. The SMILES string of the molecule is Cc1ccc(NS(=O)(=O)c2ccc3nncn3c2)cc1. The average molecular weight is 288 g/mol. The topological polar surface area (TPSA) is 76.4 Å². The number of fused-ring (bicyclic) bond motifs is 1. The van der Waals surface area contributed by atoms with Crippen LogP contribution >= 0.6 is 0 Å². The van der Waals surface area contributed by atoms with Crippen LogP contribution < -0.4 is 4.72 Å². The van der Waals surface area contributed by atoms with Crippen LogP contribution in [0, 0.1) is 6.92 Å². The molecule has 3 aromatic rings.